The van der Waals surface area contributed by atoms with Crippen molar-refractivity contribution in [3.05, 3.63) is 0 Å². The topological polar surface area (TPSA) is 23.5 Å². The summed E-state index contributed by atoms with van der Waals surface area (Å²) in [6.45, 7) is 1.17. The van der Waals surface area contributed by atoms with Crippen LogP contribution in [-0.4, -0.2) is 41.4 Å². The van der Waals surface area contributed by atoms with Crippen LogP contribution in [0.3, 0.4) is 0 Å². The lowest BCUT2D eigenvalue weighted by atomic mass is 9.94. The molecule has 2 fully saturated rings. The second-order valence-corrected chi connectivity index (χ2v) is 4.82. The summed E-state index contributed by atoms with van der Waals surface area (Å²) in [7, 11) is 0. The van der Waals surface area contributed by atoms with Crippen molar-refractivity contribution in [2.45, 2.75) is 50.2 Å². The standard InChI is InChI=1S/C11H20FNO/c12-11(9-14)6-3-7-13(8-11)10-4-1-2-5-10/h10,14H,1-9H2/t11-/m0/s1. The third kappa shape index (κ3) is 2.09. The molecule has 3 heteroatoms. The Morgan fingerprint density at radius 1 is 1.29 bits per heavy atom. The SMILES string of the molecule is OC[C@]1(F)CCCN(C2CCCC2)C1. The van der Waals surface area contributed by atoms with Crippen molar-refractivity contribution in [2.75, 3.05) is 19.7 Å². The maximum Gasteiger partial charge on any atom is 0.146 e. The van der Waals surface area contributed by atoms with Gasteiger partial charge in [-0.05, 0) is 32.2 Å². The number of nitrogens with zero attached hydrogens (tertiary/aromatic N) is 1. The Labute approximate surface area is 85.1 Å². The minimum absolute atomic E-state index is 0.309. The van der Waals surface area contributed by atoms with E-state index in [2.05, 4.69) is 4.90 Å². The van der Waals surface area contributed by atoms with Crippen molar-refractivity contribution in [1.29, 1.82) is 0 Å². The molecule has 82 valence electrons. The van der Waals surface area contributed by atoms with Gasteiger partial charge in [-0.25, -0.2) is 4.39 Å². The Morgan fingerprint density at radius 2 is 2.00 bits per heavy atom. The highest BCUT2D eigenvalue weighted by Crippen LogP contribution is 2.31. The molecule has 1 saturated carbocycles. The summed E-state index contributed by atoms with van der Waals surface area (Å²) in [6, 6.07) is 0.594. The maximum atomic E-state index is 13.9. The molecule has 0 radical (unpaired) electrons. The van der Waals surface area contributed by atoms with E-state index in [0.29, 0.717) is 19.0 Å². The van der Waals surface area contributed by atoms with Gasteiger partial charge in [0.2, 0.25) is 0 Å². The van der Waals surface area contributed by atoms with Crippen LogP contribution in [0.1, 0.15) is 38.5 Å². The molecular formula is C11H20FNO. The van der Waals surface area contributed by atoms with Crippen LogP contribution in [0.4, 0.5) is 4.39 Å². The van der Waals surface area contributed by atoms with Gasteiger partial charge in [0.15, 0.2) is 0 Å². The lowest BCUT2D eigenvalue weighted by molar-refractivity contribution is -0.0152. The Morgan fingerprint density at radius 3 is 2.64 bits per heavy atom. The highest BCUT2D eigenvalue weighted by atomic mass is 19.1. The molecule has 0 aromatic rings. The molecule has 1 saturated heterocycles. The van der Waals surface area contributed by atoms with Crippen molar-refractivity contribution in [2.24, 2.45) is 0 Å². The van der Waals surface area contributed by atoms with Crippen molar-refractivity contribution in [3.63, 3.8) is 0 Å². The van der Waals surface area contributed by atoms with E-state index in [0.717, 1.165) is 13.0 Å². The Hall–Kier alpha value is -0.150. The molecule has 0 unspecified atom stereocenters. The second-order valence-electron chi connectivity index (χ2n) is 4.82. The predicted molar refractivity (Wildman–Crippen MR) is 54.0 cm³/mol. The summed E-state index contributed by atoms with van der Waals surface area (Å²) >= 11 is 0. The fourth-order valence-electron chi connectivity index (χ4n) is 2.83. The first-order chi connectivity index (χ1) is 6.73. The van der Waals surface area contributed by atoms with E-state index >= 15 is 0 Å². The van der Waals surface area contributed by atoms with Gasteiger partial charge >= 0.3 is 0 Å². The predicted octanol–water partition coefficient (Wildman–Crippen LogP) is 1.73. The largest absolute Gasteiger partial charge is 0.393 e. The molecule has 1 N–H and O–H groups in total. The summed E-state index contributed by atoms with van der Waals surface area (Å²) < 4.78 is 13.9. The van der Waals surface area contributed by atoms with Gasteiger partial charge in [0.1, 0.15) is 5.67 Å². The number of piperidine rings is 1. The molecule has 0 aromatic heterocycles. The minimum atomic E-state index is -1.32. The van der Waals surface area contributed by atoms with Gasteiger partial charge in [0, 0.05) is 12.6 Å². The van der Waals surface area contributed by atoms with E-state index in [9.17, 15) is 4.39 Å². The fourth-order valence-corrected chi connectivity index (χ4v) is 2.83. The fraction of sp³-hybridized carbons (Fsp3) is 1.00. The molecular weight excluding hydrogens is 181 g/mol. The zero-order valence-electron chi connectivity index (χ0n) is 8.71. The van der Waals surface area contributed by atoms with E-state index < -0.39 is 5.67 Å². The van der Waals surface area contributed by atoms with Crippen LogP contribution < -0.4 is 0 Å². The lowest BCUT2D eigenvalue weighted by Gasteiger charge is -2.39. The van der Waals surface area contributed by atoms with Gasteiger partial charge in [-0.15, -0.1) is 0 Å². The number of aliphatic hydroxyl groups is 1. The van der Waals surface area contributed by atoms with E-state index in [-0.39, 0.29) is 6.61 Å². The van der Waals surface area contributed by atoms with Gasteiger partial charge in [-0.2, -0.15) is 0 Å². The number of hydrogen-bond acceptors (Lipinski definition) is 2. The monoisotopic (exact) mass is 201 g/mol. The summed E-state index contributed by atoms with van der Waals surface area (Å²) in [6.07, 6.45) is 6.46. The number of hydrogen-bond donors (Lipinski definition) is 1. The highest BCUT2D eigenvalue weighted by Gasteiger charge is 2.37. The molecule has 2 nitrogen and oxygen atoms in total. The van der Waals surface area contributed by atoms with Crippen LogP contribution in [0.25, 0.3) is 0 Å². The molecule has 1 heterocycles. The second kappa shape index (κ2) is 4.15. The van der Waals surface area contributed by atoms with Crippen LogP contribution in [0.2, 0.25) is 0 Å². The van der Waals surface area contributed by atoms with E-state index in [1.807, 2.05) is 0 Å². The van der Waals surface area contributed by atoms with Gasteiger partial charge < -0.3 is 5.11 Å². The Bertz CT molecular complexity index is 194. The van der Waals surface area contributed by atoms with Crippen LogP contribution in [0.5, 0.6) is 0 Å². The molecule has 2 rings (SSSR count). The first-order valence-corrected chi connectivity index (χ1v) is 5.77. The molecule has 1 aliphatic heterocycles. The van der Waals surface area contributed by atoms with E-state index in [1.54, 1.807) is 0 Å². The van der Waals surface area contributed by atoms with E-state index in [4.69, 9.17) is 5.11 Å². The van der Waals surface area contributed by atoms with Gasteiger partial charge in [-0.3, -0.25) is 4.90 Å². The molecule has 0 bridgehead atoms. The maximum absolute atomic E-state index is 13.9. The number of likely N-dealkylation sites (tertiary alicyclic amines) is 1. The average Bonchev–Trinajstić information content (AvgIpc) is 2.71. The average molecular weight is 201 g/mol. The van der Waals surface area contributed by atoms with E-state index in [1.165, 1.54) is 25.7 Å². The van der Waals surface area contributed by atoms with Crippen molar-refractivity contribution >= 4 is 0 Å². The smallest absolute Gasteiger partial charge is 0.146 e. The molecule has 2 aliphatic rings. The third-order valence-corrected chi connectivity index (χ3v) is 3.68. The highest BCUT2D eigenvalue weighted by molar-refractivity contribution is 4.90. The van der Waals surface area contributed by atoms with Crippen LogP contribution in [-0.2, 0) is 0 Å². The Kier molecular flexibility index (Phi) is 3.07. The molecule has 1 atom stereocenters. The zero-order chi connectivity index (χ0) is 10.0. The number of rotatable bonds is 2. The number of alkyl halides is 1. The van der Waals surface area contributed by atoms with Crippen molar-refractivity contribution in [3.8, 4) is 0 Å². The van der Waals surface area contributed by atoms with Gasteiger partial charge in [0.25, 0.3) is 0 Å². The quantitative estimate of drug-likeness (QED) is 0.735. The minimum Gasteiger partial charge on any atom is -0.393 e. The molecule has 14 heavy (non-hydrogen) atoms. The first-order valence-electron chi connectivity index (χ1n) is 5.77. The molecule has 0 aromatic carbocycles. The van der Waals surface area contributed by atoms with Crippen molar-refractivity contribution in [1.82, 2.24) is 4.90 Å². The summed E-state index contributed by atoms with van der Waals surface area (Å²) in [5, 5.41) is 9.01. The van der Waals surface area contributed by atoms with Crippen LogP contribution in [0.15, 0.2) is 0 Å². The summed E-state index contributed by atoms with van der Waals surface area (Å²) in [5.74, 6) is 0. The number of halogens is 1. The molecule has 0 spiro atoms. The number of aliphatic hydroxyl groups excluding tert-OH is 1. The summed E-state index contributed by atoms with van der Waals surface area (Å²) in [5.41, 5.74) is -1.32. The molecule has 0 amide bonds. The zero-order valence-corrected chi connectivity index (χ0v) is 8.71. The van der Waals surface area contributed by atoms with Gasteiger partial charge in [-0.1, -0.05) is 12.8 Å². The van der Waals surface area contributed by atoms with Crippen LogP contribution >= 0.6 is 0 Å². The molecule has 1 aliphatic carbocycles. The normalized spacial score (nSPS) is 36.4. The first kappa shape index (κ1) is 10.4. The summed E-state index contributed by atoms with van der Waals surface area (Å²) in [4.78, 5) is 2.26. The van der Waals surface area contributed by atoms with Gasteiger partial charge in [0.05, 0.1) is 6.61 Å². The van der Waals surface area contributed by atoms with Crippen molar-refractivity contribution < 1.29 is 9.50 Å². The lowest BCUT2D eigenvalue weighted by Crippen LogP contribution is -2.50. The third-order valence-electron chi connectivity index (χ3n) is 3.68. The van der Waals surface area contributed by atoms with Crippen LogP contribution in [0, 0.1) is 0 Å². The Balaban J connectivity index is 1.93.